The van der Waals surface area contributed by atoms with Gasteiger partial charge in [0.15, 0.2) is 0 Å². The van der Waals surface area contributed by atoms with Crippen LogP contribution in [-0.2, 0) is 6.42 Å². The normalized spacial score (nSPS) is 12.9. The molecule has 1 atom stereocenters. The average molecular weight is 294 g/mol. The minimum absolute atomic E-state index is 0.227. The molecule has 3 heteroatoms. The molecule has 0 saturated heterocycles. The highest BCUT2D eigenvalue weighted by molar-refractivity contribution is 7.16. The Morgan fingerprint density at radius 3 is 2.26 bits per heavy atom. The highest BCUT2D eigenvalue weighted by Crippen LogP contribution is 2.31. The van der Waals surface area contributed by atoms with Crippen LogP contribution in [0.15, 0.2) is 36.4 Å². The van der Waals surface area contributed by atoms with Gasteiger partial charge in [0.1, 0.15) is 0 Å². The van der Waals surface area contributed by atoms with Crippen LogP contribution in [0, 0.1) is 5.92 Å². The maximum Gasteiger partial charge on any atom is 0.0931 e. The standard InChI is InChI=1S/C16H20ClNS/c1-11(2)10-12-4-6-13(7-5-12)16(18-3)14-8-9-15(17)19-14/h4-9,11,16,18H,10H2,1-3H3. The minimum atomic E-state index is 0.227. The monoisotopic (exact) mass is 293 g/mol. The van der Waals surface area contributed by atoms with Crippen LogP contribution in [-0.4, -0.2) is 7.05 Å². The van der Waals surface area contributed by atoms with E-state index in [1.54, 1.807) is 11.3 Å². The van der Waals surface area contributed by atoms with E-state index in [0.717, 1.165) is 10.8 Å². The Bertz CT molecular complexity index is 516. The molecule has 0 amide bonds. The summed E-state index contributed by atoms with van der Waals surface area (Å²) in [5.41, 5.74) is 2.69. The number of thiophene rings is 1. The van der Waals surface area contributed by atoms with Crippen LogP contribution in [0.3, 0.4) is 0 Å². The van der Waals surface area contributed by atoms with Gasteiger partial charge in [0.2, 0.25) is 0 Å². The van der Waals surface area contributed by atoms with Crippen molar-refractivity contribution >= 4 is 22.9 Å². The molecular formula is C16H20ClNS. The molecule has 0 spiro atoms. The Morgan fingerprint density at radius 2 is 1.79 bits per heavy atom. The molecule has 19 heavy (non-hydrogen) atoms. The Labute approximate surface area is 124 Å². The van der Waals surface area contributed by atoms with Crippen LogP contribution in [0.4, 0.5) is 0 Å². The quantitative estimate of drug-likeness (QED) is 0.826. The summed E-state index contributed by atoms with van der Waals surface area (Å²) in [7, 11) is 1.99. The second kappa shape index (κ2) is 6.56. The predicted molar refractivity (Wildman–Crippen MR) is 85.2 cm³/mol. The van der Waals surface area contributed by atoms with Gasteiger partial charge in [-0.05, 0) is 42.6 Å². The number of nitrogens with one attached hydrogen (secondary N) is 1. The van der Waals surface area contributed by atoms with Gasteiger partial charge < -0.3 is 5.32 Å². The van der Waals surface area contributed by atoms with Gasteiger partial charge in [-0.1, -0.05) is 49.7 Å². The summed E-state index contributed by atoms with van der Waals surface area (Å²) in [5, 5.41) is 3.36. The van der Waals surface area contributed by atoms with E-state index in [1.807, 2.05) is 13.1 Å². The zero-order chi connectivity index (χ0) is 13.8. The molecule has 1 heterocycles. The van der Waals surface area contributed by atoms with Gasteiger partial charge >= 0.3 is 0 Å². The van der Waals surface area contributed by atoms with E-state index in [9.17, 15) is 0 Å². The first-order chi connectivity index (χ1) is 9.10. The zero-order valence-electron chi connectivity index (χ0n) is 11.6. The van der Waals surface area contributed by atoms with E-state index in [-0.39, 0.29) is 6.04 Å². The first kappa shape index (κ1) is 14.6. The first-order valence-corrected chi connectivity index (χ1v) is 7.81. The molecule has 1 aromatic heterocycles. The summed E-state index contributed by atoms with van der Waals surface area (Å²) in [5.74, 6) is 0.696. The molecule has 0 bridgehead atoms. The number of hydrogen-bond donors (Lipinski definition) is 1. The first-order valence-electron chi connectivity index (χ1n) is 6.61. The highest BCUT2D eigenvalue weighted by Gasteiger charge is 2.14. The lowest BCUT2D eigenvalue weighted by molar-refractivity contribution is 0.646. The van der Waals surface area contributed by atoms with Gasteiger partial charge in [-0.15, -0.1) is 11.3 Å². The molecule has 1 nitrogen and oxygen atoms in total. The van der Waals surface area contributed by atoms with E-state index in [4.69, 9.17) is 11.6 Å². The molecule has 2 aromatic rings. The summed E-state index contributed by atoms with van der Waals surface area (Å²) in [4.78, 5) is 1.25. The highest BCUT2D eigenvalue weighted by atomic mass is 35.5. The van der Waals surface area contributed by atoms with E-state index >= 15 is 0 Å². The number of benzene rings is 1. The molecule has 1 N–H and O–H groups in total. The van der Waals surface area contributed by atoms with Gasteiger partial charge in [0, 0.05) is 4.88 Å². The fraction of sp³-hybridized carbons (Fsp3) is 0.375. The summed E-state index contributed by atoms with van der Waals surface area (Å²) in [6.07, 6.45) is 1.13. The van der Waals surface area contributed by atoms with Crippen molar-refractivity contribution < 1.29 is 0 Å². The van der Waals surface area contributed by atoms with Gasteiger partial charge in [-0.25, -0.2) is 0 Å². The zero-order valence-corrected chi connectivity index (χ0v) is 13.2. The van der Waals surface area contributed by atoms with Gasteiger partial charge in [-0.2, -0.15) is 0 Å². The summed E-state index contributed by atoms with van der Waals surface area (Å²) >= 11 is 7.66. The van der Waals surface area contributed by atoms with Crippen molar-refractivity contribution in [3.05, 3.63) is 56.7 Å². The third-order valence-electron chi connectivity index (χ3n) is 3.12. The molecule has 0 radical (unpaired) electrons. The fourth-order valence-electron chi connectivity index (χ4n) is 2.27. The SMILES string of the molecule is CNC(c1ccc(CC(C)C)cc1)c1ccc(Cl)s1. The van der Waals surface area contributed by atoms with Crippen molar-refractivity contribution in [3.63, 3.8) is 0 Å². The van der Waals surface area contributed by atoms with E-state index < -0.39 is 0 Å². The van der Waals surface area contributed by atoms with Crippen molar-refractivity contribution in [2.75, 3.05) is 7.05 Å². The molecule has 0 fully saturated rings. The average Bonchev–Trinajstić information content (AvgIpc) is 2.78. The molecule has 1 aromatic carbocycles. The van der Waals surface area contributed by atoms with Crippen molar-refractivity contribution in [1.82, 2.24) is 5.32 Å². The maximum absolute atomic E-state index is 6.02. The lowest BCUT2D eigenvalue weighted by atomic mass is 9.99. The maximum atomic E-state index is 6.02. The molecule has 0 aliphatic rings. The van der Waals surface area contributed by atoms with Gasteiger partial charge in [-0.3, -0.25) is 0 Å². The Kier molecular flexibility index (Phi) is 5.03. The summed E-state index contributed by atoms with van der Waals surface area (Å²) in [6, 6.07) is 13.2. The smallest absolute Gasteiger partial charge is 0.0931 e. The van der Waals surface area contributed by atoms with Crippen LogP contribution in [0.2, 0.25) is 4.34 Å². The lowest BCUT2D eigenvalue weighted by Crippen LogP contribution is -2.16. The van der Waals surface area contributed by atoms with Gasteiger partial charge in [0.25, 0.3) is 0 Å². The number of hydrogen-bond acceptors (Lipinski definition) is 2. The molecule has 0 saturated carbocycles. The molecule has 2 rings (SSSR count). The van der Waals surface area contributed by atoms with Crippen LogP contribution in [0.5, 0.6) is 0 Å². The number of halogens is 1. The fourth-order valence-corrected chi connectivity index (χ4v) is 3.47. The largest absolute Gasteiger partial charge is 0.309 e. The molecular weight excluding hydrogens is 274 g/mol. The Balaban J connectivity index is 2.19. The number of rotatable bonds is 5. The molecule has 0 aliphatic heterocycles. The minimum Gasteiger partial charge on any atom is -0.309 e. The Morgan fingerprint density at radius 1 is 1.11 bits per heavy atom. The van der Waals surface area contributed by atoms with Gasteiger partial charge in [0.05, 0.1) is 10.4 Å². The molecule has 0 aliphatic carbocycles. The van der Waals surface area contributed by atoms with Crippen LogP contribution < -0.4 is 5.32 Å². The van der Waals surface area contributed by atoms with E-state index in [1.165, 1.54) is 16.0 Å². The van der Waals surface area contributed by atoms with E-state index in [0.29, 0.717) is 5.92 Å². The summed E-state index contributed by atoms with van der Waals surface area (Å²) in [6.45, 7) is 4.50. The second-order valence-corrected chi connectivity index (χ2v) is 6.95. The lowest BCUT2D eigenvalue weighted by Gasteiger charge is -2.16. The van der Waals surface area contributed by atoms with Crippen molar-refractivity contribution in [3.8, 4) is 0 Å². The molecule has 102 valence electrons. The topological polar surface area (TPSA) is 12.0 Å². The van der Waals surface area contributed by atoms with Crippen LogP contribution in [0.1, 0.15) is 35.9 Å². The molecule has 1 unspecified atom stereocenters. The van der Waals surface area contributed by atoms with Crippen LogP contribution >= 0.6 is 22.9 Å². The Hall–Kier alpha value is -0.830. The summed E-state index contributed by atoms with van der Waals surface area (Å²) < 4.78 is 0.840. The second-order valence-electron chi connectivity index (χ2n) is 5.20. The van der Waals surface area contributed by atoms with Crippen molar-refractivity contribution in [1.29, 1.82) is 0 Å². The third kappa shape index (κ3) is 3.82. The van der Waals surface area contributed by atoms with Crippen molar-refractivity contribution in [2.45, 2.75) is 26.3 Å². The van der Waals surface area contributed by atoms with E-state index in [2.05, 4.69) is 49.5 Å². The van der Waals surface area contributed by atoms with Crippen LogP contribution in [0.25, 0.3) is 0 Å². The van der Waals surface area contributed by atoms with Crippen molar-refractivity contribution in [2.24, 2.45) is 5.92 Å². The predicted octanol–water partition coefficient (Wildman–Crippen LogP) is 4.91. The third-order valence-corrected chi connectivity index (χ3v) is 4.42.